The van der Waals surface area contributed by atoms with Crippen LogP contribution in [0.1, 0.15) is 5.69 Å². The highest BCUT2D eigenvalue weighted by Gasteiger charge is 2.01. The molecule has 25 heavy (non-hydrogen) atoms. The van der Waals surface area contributed by atoms with Gasteiger partial charge in [-0.25, -0.2) is 4.98 Å². The summed E-state index contributed by atoms with van der Waals surface area (Å²) in [5, 5.41) is 4.89. The Balaban J connectivity index is 1.50. The number of nitrogens with one attached hydrogen (secondary N) is 1. The van der Waals surface area contributed by atoms with Gasteiger partial charge in [0.1, 0.15) is 0 Å². The van der Waals surface area contributed by atoms with E-state index in [-0.39, 0.29) is 5.91 Å². The first-order chi connectivity index (χ1) is 12.3. The van der Waals surface area contributed by atoms with Crippen molar-refractivity contribution in [2.75, 3.05) is 5.32 Å². The van der Waals surface area contributed by atoms with Crippen LogP contribution in [-0.2, 0) is 4.79 Å². The Labute approximate surface area is 144 Å². The zero-order valence-electron chi connectivity index (χ0n) is 13.4. The van der Waals surface area contributed by atoms with Crippen LogP contribution in [0.5, 0.6) is 0 Å². The van der Waals surface area contributed by atoms with E-state index in [4.69, 9.17) is 0 Å². The van der Waals surface area contributed by atoms with Crippen LogP contribution in [0.15, 0.2) is 79.0 Å². The number of nitrogens with zero attached hydrogens (tertiary/aromatic N) is 2. The van der Waals surface area contributed by atoms with E-state index in [1.807, 2.05) is 66.7 Å². The molecule has 0 atom stereocenters. The maximum atomic E-state index is 12.1. The summed E-state index contributed by atoms with van der Waals surface area (Å²) in [4.78, 5) is 21.0. The molecule has 0 bridgehead atoms. The van der Waals surface area contributed by atoms with Crippen molar-refractivity contribution in [1.29, 1.82) is 0 Å². The summed E-state index contributed by atoms with van der Waals surface area (Å²) < 4.78 is 0. The summed E-state index contributed by atoms with van der Waals surface area (Å²) >= 11 is 0. The Morgan fingerprint density at radius 1 is 0.880 bits per heavy atom. The van der Waals surface area contributed by atoms with Crippen LogP contribution in [0.4, 0.5) is 5.69 Å². The first-order valence-electron chi connectivity index (χ1n) is 7.98. The summed E-state index contributed by atoms with van der Waals surface area (Å²) in [5.41, 5.74) is 3.21. The van der Waals surface area contributed by atoms with Crippen LogP contribution in [-0.4, -0.2) is 15.9 Å². The topological polar surface area (TPSA) is 54.9 Å². The third kappa shape index (κ3) is 3.38. The molecule has 4 nitrogen and oxygen atoms in total. The average molecular weight is 325 g/mol. The van der Waals surface area contributed by atoms with Gasteiger partial charge in [0, 0.05) is 16.8 Å². The van der Waals surface area contributed by atoms with E-state index < -0.39 is 0 Å². The number of rotatable bonds is 3. The number of carbonyl (C=O) groups excluding carboxylic acids is 1. The molecule has 0 fully saturated rings. The molecule has 4 heteroatoms. The highest BCUT2D eigenvalue weighted by Crippen LogP contribution is 2.16. The molecule has 0 aliphatic rings. The lowest BCUT2D eigenvalue weighted by molar-refractivity contribution is -0.111. The van der Waals surface area contributed by atoms with Crippen LogP contribution >= 0.6 is 0 Å². The number of para-hydroxylation sites is 2. The number of benzene rings is 2. The predicted octanol–water partition coefficient (Wildman–Crippen LogP) is 4.43. The third-order valence-corrected chi connectivity index (χ3v) is 3.88. The van der Waals surface area contributed by atoms with Crippen LogP contribution in [0.2, 0.25) is 0 Å². The minimum absolute atomic E-state index is 0.216. The second-order valence-corrected chi connectivity index (χ2v) is 5.67. The quantitative estimate of drug-likeness (QED) is 0.567. The van der Waals surface area contributed by atoms with Crippen molar-refractivity contribution in [2.45, 2.75) is 0 Å². The maximum absolute atomic E-state index is 12.1. The Hall–Kier alpha value is -3.53. The number of amides is 1. The molecular weight excluding hydrogens is 310 g/mol. The van der Waals surface area contributed by atoms with Crippen molar-refractivity contribution in [3.8, 4) is 0 Å². The lowest BCUT2D eigenvalue weighted by Gasteiger charge is -2.03. The summed E-state index contributed by atoms with van der Waals surface area (Å²) in [6.45, 7) is 0. The minimum Gasteiger partial charge on any atom is -0.321 e. The molecule has 0 aliphatic heterocycles. The van der Waals surface area contributed by atoms with E-state index in [0.717, 1.165) is 27.5 Å². The van der Waals surface area contributed by atoms with Gasteiger partial charge in [-0.1, -0.05) is 42.5 Å². The molecule has 2 aromatic carbocycles. The van der Waals surface area contributed by atoms with E-state index in [1.165, 1.54) is 6.08 Å². The van der Waals surface area contributed by atoms with Crippen molar-refractivity contribution in [2.24, 2.45) is 0 Å². The molecule has 4 aromatic rings. The third-order valence-electron chi connectivity index (χ3n) is 3.88. The summed E-state index contributed by atoms with van der Waals surface area (Å²) in [7, 11) is 0. The van der Waals surface area contributed by atoms with E-state index in [0.29, 0.717) is 5.69 Å². The lowest BCUT2D eigenvalue weighted by atomic mass is 10.2. The number of hydrogen-bond donors (Lipinski definition) is 1. The molecule has 0 saturated heterocycles. The van der Waals surface area contributed by atoms with Gasteiger partial charge in [0.15, 0.2) is 0 Å². The Morgan fingerprint density at radius 2 is 1.64 bits per heavy atom. The monoisotopic (exact) mass is 325 g/mol. The Morgan fingerprint density at radius 3 is 2.52 bits per heavy atom. The maximum Gasteiger partial charge on any atom is 0.248 e. The van der Waals surface area contributed by atoms with Crippen LogP contribution in [0.3, 0.4) is 0 Å². The molecular formula is C21H15N3O. The molecule has 120 valence electrons. The van der Waals surface area contributed by atoms with E-state index in [9.17, 15) is 4.79 Å². The smallest absolute Gasteiger partial charge is 0.248 e. The van der Waals surface area contributed by atoms with Gasteiger partial charge in [-0.3, -0.25) is 9.78 Å². The second-order valence-electron chi connectivity index (χ2n) is 5.67. The van der Waals surface area contributed by atoms with E-state index in [1.54, 1.807) is 12.3 Å². The lowest BCUT2D eigenvalue weighted by Crippen LogP contribution is -2.08. The molecule has 2 heterocycles. The fourth-order valence-corrected chi connectivity index (χ4v) is 2.66. The van der Waals surface area contributed by atoms with Gasteiger partial charge >= 0.3 is 0 Å². The second kappa shape index (κ2) is 6.53. The number of fused-ring (bicyclic) bond motifs is 2. The summed E-state index contributed by atoms with van der Waals surface area (Å²) in [5.74, 6) is -0.216. The molecule has 2 aromatic heterocycles. The molecule has 1 amide bonds. The largest absolute Gasteiger partial charge is 0.321 e. The number of anilines is 1. The highest BCUT2D eigenvalue weighted by molar-refractivity contribution is 6.02. The molecule has 0 spiro atoms. The fourth-order valence-electron chi connectivity index (χ4n) is 2.66. The molecule has 0 radical (unpaired) electrons. The SMILES string of the molecule is O=C(/C=C/c1ccc2ccccc2n1)Nc1cnc2ccccc2c1. The van der Waals surface area contributed by atoms with E-state index >= 15 is 0 Å². The van der Waals surface area contributed by atoms with Crippen molar-refractivity contribution < 1.29 is 4.79 Å². The fraction of sp³-hybridized carbons (Fsp3) is 0. The predicted molar refractivity (Wildman–Crippen MR) is 101 cm³/mol. The van der Waals surface area contributed by atoms with Gasteiger partial charge in [0.2, 0.25) is 5.91 Å². The molecule has 0 saturated carbocycles. The van der Waals surface area contributed by atoms with Crippen LogP contribution in [0, 0.1) is 0 Å². The van der Waals surface area contributed by atoms with Gasteiger partial charge in [0.25, 0.3) is 0 Å². The van der Waals surface area contributed by atoms with Gasteiger partial charge in [-0.2, -0.15) is 0 Å². The minimum atomic E-state index is -0.216. The number of aromatic nitrogens is 2. The Bertz CT molecular complexity index is 1100. The number of pyridine rings is 2. The normalized spacial score (nSPS) is 11.2. The molecule has 1 N–H and O–H groups in total. The first-order valence-corrected chi connectivity index (χ1v) is 7.98. The van der Waals surface area contributed by atoms with Crippen LogP contribution in [0.25, 0.3) is 27.9 Å². The summed E-state index contributed by atoms with van der Waals surface area (Å²) in [6, 6.07) is 21.5. The molecule has 0 unspecified atom stereocenters. The van der Waals surface area contributed by atoms with Crippen molar-refractivity contribution >= 4 is 39.5 Å². The zero-order valence-corrected chi connectivity index (χ0v) is 13.4. The van der Waals surface area contributed by atoms with Crippen molar-refractivity contribution in [1.82, 2.24) is 9.97 Å². The zero-order chi connectivity index (χ0) is 17.1. The Kier molecular flexibility index (Phi) is 3.92. The summed E-state index contributed by atoms with van der Waals surface area (Å²) in [6.07, 6.45) is 4.84. The van der Waals surface area contributed by atoms with E-state index in [2.05, 4.69) is 15.3 Å². The van der Waals surface area contributed by atoms with Gasteiger partial charge in [-0.05, 0) is 30.3 Å². The van der Waals surface area contributed by atoms with Gasteiger partial charge in [0.05, 0.1) is 28.6 Å². The molecule has 4 rings (SSSR count). The highest BCUT2D eigenvalue weighted by atomic mass is 16.1. The standard InChI is InChI=1S/C21H15N3O/c25-21(24-18-13-16-6-2-3-7-19(16)22-14-18)12-11-17-10-9-15-5-1-4-8-20(15)23-17/h1-14H,(H,24,25)/b12-11+. The number of carbonyl (C=O) groups is 1. The van der Waals surface area contributed by atoms with Crippen LogP contribution < -0.4 is 5.32 Å². The van der Waals surface area contributed by atoms with Crippen molar-refractivity contribution in [3.63, 3.8) is 0 Å². The first kappa shape index (κ1) is 15.0. The molecule has 0 aliphatic carbocycles. The average Bonchev–Trinajstić information content (AvgIpc) is 2.66. The van der Waals surface area contributed by atoms with Crippen molar-refractivity contribution in [3.05, 3.63) is 84.7 Å². The van der Waals surface area contributed by atoms with Gasteiger partial charge < -0.3 is 5.32 Å². The number of hydrogen-bond acceptors (Lipinski definition) is 3. The van der Waals surface area contributed by atoms with Gasteiger partial charge in [-0.15, -0.1) is 0 Å².